The molecule has 0 aliphatic heterocycles. The van der Waals surface area contributed by atoms with Crippen LogP contribution in [0.2, 0.25) is 0 Å². The fraction of sp³-hybridized carbons (Fsp3) is 0.429. The third-order valence-electron chi connectivity index (χ3n) is 2.64. The lowest BCUT2D eigenvalue weighted by Gasteiger charge is -2.13. The summed E-state index contributed by atoms with van der Waals surface area (Å²) in [5, 5.41) is 0. The molecule has 4 nitrogen and oxygen atoms in total. The zero-order chi connectivity index (χ0) is 13.4. The number of esters is 1. The first-order valence-corrected chi connectivity index (χ1v) is 6.12. The molecule has 0 spiro atoms. The fourth-order valence-electron chi connectivity index (χ4n) is 1.74. The van der Waals surface area contributed by atoms with Gasteiger partial charge in [-0.15, -0.1) is 0 Å². The fourth-order valence-corrected chi connectivity index (χ4v) is 1.74. The number of primary amides is 1. The molecule has 1 aromatic rings. The molecule has 1 aromatic carbocycles. The Kier molecular flexibility index (Phi) is 5.91. The van der Waals surface area contributed by atoms with Gasteiger partial charge >= 0.3 is 5.97 Å². The molecule has 0 aliphatic rings. The lowest BCUT2D eigenvalue weighted by molar-refractivity contribution is -0.151. The van der Waals surface area contributed by atoms with Crippen LogP contribution >= 0.6 is 0 Å². The summed E-state index contributed by atoms with van der Waals surface area (Å²) in [6.45, 7) is 2.19. The summed E-state index contributed by atoms with van der Waals surface area (Å²) in [6, 6.07) is 9.44. The van der Waals surface area contributed by atoms with E-state index in [0.717, 1.165) is 12.0 Å². The normalized spacial score (nSPS) is 11.8. The Balaban J connectivity index is 2.48. The molecular formula is C14H19NO3. The molecule has 0 saturated heterocycles. The molecule has 0 radical (unpaired) electrons. The molecule has 1 amide bonds. The molecule has 1 rings (SSSR count). The number of nitrogens with two attached hydrogens (primary N) is 1. The van der Waals surface area contributed by atoms with E-state index < -0.39 is 11.8 Å². The predicted molar refractivity (Wildman–Crippen MR) is 68.4 cm³/mol. The van der Waals surface area contributed by atoms with Crippen molar-refractivity contribution in [2.75, 3.05) is 0 Å². The molecule has 0 fully saturated rings. The number of hydrogen-bond donors (Lipinski definition) is 1. The summed E-state index contributed by atoms with van der Waals surface area (Å²) in [5.74, 6) is -1.24. The summed E-state index contributed by atoms with van der Waals surface area (Å²) in [7, 11) is 0. The van der Waals surface area contributed by atoms with Gasteiger partial charge in [0.15, 0.2) is 0 Å². The maximum atomic E-state index is 11.8. The van der Waals surface area contributed by atoms with Crippen LogP contribution in [0, 0.1) is 5.92 Å². The Morgan fingerprint density at radius 1 is 1.28 bits per heavy atom. The smallest absolute Gasteiger partial charge is 0.309 e. The maximum Gasteiger partial charge on any atom is 0.309 e. The van der Waals surface area contributed by atoms with E-state index in [1.165, 1.54) is 0 Å². The molecule has 0 aromatic heterocycles. The third kappa shape index (κ3) is 4.99. The second-order valence-corrected chi connectivity index (χ2v) is 4.25. The van der Waals surface area contributed by atoms with Crippen LogP contribution in [0.1, 0.15) is 31.7 Å². The Morgan fingerprint density at radius 2 is 1.94 bits per heavy atom. The zero-order valence-electron chi connectivity index (χ0n) is 10.6. The van der Waals surface area contributed by atoms with E-state index in [2.05, 4.69) is 0 Å². The average molecular weight is 249 g/mol. The molecule has 18 heavy (non-hydrogen) atoms. The van der Waals surface area contributed by atoms with Crippen LogP contribution in [0.15, 0.2) is 30.3 Å². The van der Waals surface area contributed by atoms with Gasteiger partial charge in [-0.3, -0.25) is 9.59 Å². The van der Waals surface area contributed by atoms with Crippen molar-refractivity contribution in [3.8, 4) is 0 Å². The third-order valence-corrected chi connectivity index (χ3v) is 2.64. The molecule has 0 heterocycles. The first-order valence-electron chi connectivity index (χ1n) is 6.12. The van der Waals surface area contributed by atoms with Crippen molar-refractivity contribution in [1.82, 2.24) is 0 Å². The van der Waals surface area contributed by atoms with Crippen molar-refractivity contribution in [2.24, 2.45) is 11.7 Å². The van der Waals surface area contributed by atoms with E-state index in [4.69, 9.17) is 10.5 Å². The van der Waals surface area contributed by atoms with Crippen molar-refractivity contribution in [2.45, 2.75) is 32.8 Å². The van der Waals surface area contributed by atoms with Gasteiger partial charge in [-0.2, -0.15) is 0 Å². The van der Waals surface area contributed by atoms with E-state index >= 15 is 0 Å². The van der Waals surface area contributed by atoms with Gasteiger partial charge in [-0.1, -0.05) is 43.7 Å². The average Bonchev–Trinajstić information content (AvgIpc) is 2.36. The predicted octanol–water partition coefficient (Wildman–Crippen LogP) is 2.02. The van der Waals surface area contributed by atoms with Crippen molar-refractivity contribution >= 4 is 11.9 Å². The number of hydrogen-bond acceptors (Lipinski definition) is 3. The van der Waals surface area contributed by atoms with Gasteiger partial charge in [0.25, 0.3) is 0 Å². The van der Waals surface area contributed by atoms with Crippen LogP contribution in [0.4, 0.5) is 0 Å². The number of ether oxygens (including phenoxy) is 1. The van der Waals surface area contributed by atoms with Crippen molar-refractivity contribution < 1.29 is 14.3 Å². The number of carbonyl (C=O) groups is 2. The van der Waals surface area contributed by atoms with Crippen LogP contribution in [0.25, 0.3) is 0 Å². The van der Waals surface area contributed by atoms with E-state index in [1.54, 1.807) is 0 Å². The molecule has 4 heteroatoms. The highest BCUT2D eigenvalue weighted by molar-refractivity contribution is 5.81. The Morgan fingerprint density at radius 3 is 2.50 bits per heavy atom. The lowest BCUT2D eigenvalue weighted by Crippen LogP contribution is -2.24. The van der Waals surface area contributed by atoms with Gasteiger partial charge in [-0.05, 0) is 12.0 Å². The minimum atomic E-state index is -0.467. The van der Waals surface area contributed by atoms with Crippen LogP contribution < -0.4 is 5.73 Å². The molecule has 1 atom stereocenters. The molecule has 0 saturated carbocycles. The molecular weight excluding hydrogens is 230 g/mol. The van der Waals surface area contributed by atoms with Gasteiger partial charge < -0.3 is 10.5 Å². The standard InChI is InChI=1S/C14H19NO3/c1-2-6-12(9-13(15)16)14(17)18-10-11-7-4-3-5-8-11/h3-5,7-8,12H,2,6,9-10H2,1H3,(H2,15,16). The van der Waals surface area contributed by atoms with Gasteiger partial charge in [0.05, 0.1) is 5.92 Å². The number of rotatable bonds is 7. The number of amides is 1. The van der Waals surface area contributed by atoms with Gasteiger partial charge in [0.2, 0.25) is 5.91 Å². The minimum absolute atomic E-state index is 0.0570. The van der Waals surface area contributed by atoms with Crippen LogP contribution in [-0.4, -0.2) is 11.9 Å². The van der Waals surface area contributed by atoms with E-state index in [1.807, 2.05) is 37.3 Å². The summed E-state index contributed by atoms with van der Waals surface area (Å²) in [4.78, 5) is 22.7. The van der Waals surface area contributed by atoms with Crippen LogP contribution in [0.3, 0.4) is 0 Å². The van der Waals surface area contributed by atoms with Crippen LogP contribution in [0.5, 0.6) is 0 Å². The van der Waals surface area contributed by atoms with Gasteiger partial charge in [0, 0.05) is 6.42 Å². The number of carbonyl (C=O) groups excluding carboxylic acids is 2. The zero-order valence-corrected chi connectivity index (χ0v) is 10.6. The Bertz CT molecular complexity index is 389. The SMILES string of the molecule is CCCC(CC(N)=O)C(=O)OCc1ccccc1. The summed E-state index contributed by atoms with van der Waals surface area (Å²) in [5.41, 5.74) is 6.05. The van der Waals surface area contributed by atoms with Gasteiger partial charge in [0.1, 0.15) is 6.61 Å². The maximum absolute atomic E-state index is 11.8. The monoisotopic (exact) mass is 249 g/mol. The van der Waals surface area contributed by atoms with E-state index in [-0.39, 0.29) is 19.0 Å². The highest BCUT2D eigenvalue weighted by Crippen LogP contribution is 2.14. The summed E-state index contributed by atoms with van der Waals surface area (Å²) >= 11 is 0. The highest BCUT2D eigenvalue weighted by atomic mass is 16.5. The Hall–Kier alpha value is -1.84. The van der Waals surface area contributed by atoms with Crippen LogP contribution in [-0.2, 0) is 20.9 Å². The van der Waals surface area contributed by atoms with Crippen molar-refractivity contribution in [3.05, 3.63) is 35.9 Å². The quantitative estimate of drug-likeness (QED) is 0.751. The first kappa shape index (κ1) is 14.2. The molecule has 0 aliphatic carbocycles. The largest absolute Gasteiger partial charge is 0.461 e. The van der Waals surface area contributed by atoms with Crippen molar-refractivity contribution in [1.29, 1.82) is 0 Å². The first-order chi connectivity index (χ1) is 8.63. The van der Waals surface area contributed by atoms with Gasteiger partial charge in [-0.25, -0.2) is 0 Å². The second-order valence-electron chi connectivity index (χ2n) is 4.25. The second kappa shape index (κ2) is 7.48. The Labute approximate surface area is 107 Å². The molecule has 98 valence electrons. The van der Waals surface area contributed by atoms with E-state index in [9.17, 15) is 9.59 Å². The minimum Gasteiger partial charge on any atom is -0.461 e. The van der Waals surface area contributed by atoms with Crippen molar-refractivity contribution in [3.63, 3.8) is 0 Å². The lowest BCUT2D eigenvalue weighted by atomic mass is 10.00. The molecule has 1 unspecified atom stereocenters. The summed E-state index contributed by atoms with van der Waals surface area (Å²) in [6.07, 6.45) is 1.50. The highest BCUT2D eigenvalue weighted by Gasteiger charge is 2.21. The number of benzene rings is 1. The van der Waals surface area contributed by atoms with E-state index in [0.29, 0.717) is 6.42 Å². The topological polar surface area (TPSA) is 69.4 Å². The molecule has 2 N–H and O–H groups in total. The molecule has 0 bridgehead atoms. The summed E-state index contributed by atoms with van der Waals surface area (Å²) < 4.78 is 5.20.